The molecule has 1 aromatic heterocycles. The number of aromatic nitrogens is 3. The van der Waals surface area contributed by atoms with Crippen molar-refractivity contribution in [3.63, 3.8) is 0 Å². The highest BCUT2D eigenvalue weighted by atomic mass is 15.2. The van der Waals surface area contributed by atoms with Crippen LogP contribution in [0, 0.1) is 0 Å². The second-order valence-electron chi connectivity index (χ2n) is 3.35. The molecule has 2 rings (SSSR count). The van der Waals surface area contributed by atoms with Gasteiger partial charge in [-0.05, 0) is 24.3 Å². The lowest BCUT2D eigenvalue weighted by atomic mass is 10.3. The summed E-state index contributed by atoms with van der Waals surface area (Å²) in [7, 11) is 1.61. The van der Waals surface area contributed by atoms with Crippen molar-refractivity contribution in [1.82, 2.24) is 15.0 Å². The molecule has 1 aromatic carbocycles. The van der Waals surface area contributed by atoms with Gasteiger partial charge in [0.05, 0.1) is 5.69 Å². The molecule has 0 aliphatic rings. The molecule has 0 saturated carbocycles. The number of rotatable bonds is 3. The van der Waals surface area contributed by atoms with Crippen molar-refractivity contribution in [2.24, 2.45) is 10.2 Å². The lowest BCUT2D eigenvalue weighted by molar-refractivity contribution is 1.08. The molecule has 0 atom stereocenters. The summed E-state index contributed by atoms with van der Waals surface area (Å²) in [5, 5.41) is 10.5. The molecule has 1 heterocycles. The van der Waals surface area contributed by atoms with Gasteiger partial charge < -0.3 is 16.8 Å². The zero-order valence-electron chi connectivity index (χ0n) is 9.70. The molecule has 5 N–H and O–H groups in total. The largest absolute Gasteiger partial charge is 0.368 e. The summed E-state index contributed by atoms with van der Waals surface area (Å²) in [4.78, 5) is 11.5. The third kappa shape index (κ3) is 2.88. The third-order valence-electron chi connectivity index (χ3n) is 2.01. The van der Waals surface area contributed by atoms with Gasteiger partial charge in [0.25, 0.3) is 0 Å². The summed E-state index contributed by atoms with van der Waals surface area (Å²) in [5.74, 6) is 0.438. The van der Waals surface area contributed by atoms with Crippen molar-refractivity contribution in [1.29, 1.82) is 0 Å². The number of nitrogens with one attached hydrogen (secondary N) is 1. The number of hydrogen-bond donors (Lipinski definition) is 3. The molecule has 0 saturated heterocycles. The van der Waals surface area contributed by atoms with E-state index >= 15 is 0 Å². The average Bonchev–Trinajstić information content (AvgIpc) is 2.31. The van der Waals surface area contributed by atoms with E-state index in [1.54, 1.807) is 7.05 Å². The Kier molecular flexibility index (Phi) is 3.28. The lowest BCUT2D eigenvalue weighted by Gasteiger charge is -2.05. The summed E-state index contributed by atoms with van der Waals surface area (Å²) < 4.78 is 0. The molecular formula is C10H12N8. The molecule has 18 heavy (non-hydrogen) atoms. The number of nitrogens with two attached hydrogens (primary N) is 2. The number of nitrogens with zero attached hydrogens (tertiary/aromatic N) is 5. The summed E-state index contributed by atoms with van der Waals surface area (Å²) >= 11 is 0. The molecule has 0 radical (unpaired) electrons. The molecule has 8 nitrogen and oxygen atoms in total. The van der Waals surface area contributed by atoms with E-state index in [0.29, 0.717) is 5.95 Å². The fourth-order valence-corrected chi connectivity index (χ4v) is 1.32. The quantitative estimate of drug-likeness (QED) is 0.702. The first-order chi connectivity index (χ1) is 8.67. The molecule has 0 amide bonds. The Morgan fingerprint density at radius 2 is 1.61 bits per heavy atom. The summed E-state index contributed by atoms with van der Waals surface area (Å²) in [5.41, 5.74) is 12.5. The Hall–Kier alpha value is -2.77. The number of hydrogen-bond acceptors (Lipinski definition) is 8. The maximum atomic E-state index is 5.47. The van der Waals surface area contributed by atoms with Crippen LogP contribution in [0.25, 0.3) is 0 Å². The third-order valence-corrected chi connectivity index (χ3v) is 2.01. The van der Waals surface area contributed by atoms with Crippen LogP contribution in [0.4, 0.5) is 29.2 Å². The van der Waals surface area contributed by atoms with E-state index in [-0.39, 0.29) is 11.9 Å². The van der Waals surface area contributed by atoms with Crippen LogP contribution < -0.4 is 16.8 Å². The zero-order chi connectivity index (χ0) is 13.0. The van der Waals surface area contributed by atoms with Crippen molar-refractivity contribution in [2.75, 3.05) is 23.8 Å². The van der Waals surface area contributed by atoms with Crippen molar-refractivity contribution in [3.05, 3.63) is 24.3 Å². The monoisotopic (exact) mass is 244 g/mol. The van der Waals surface area contributed by atoms with Crippen LogP contribution in [0.3, 0.4) is 0 Å². The van der Waals surface area contributed by atoms with E-state index in [1.165, 1.54) is 0 Å². The van der Waals surface area contributed by atoms with Crippen molar-refractivity contribution >= 4 is 29.2 Å². The standard InChI is InChI=1S/C10H12N8/c1-13-18-7-4-2-6(3-5-7)14-10-16-8(11)15-9(12)17-10/h2-5H,1H3,(H5,11,12,14,15,16,17). The first-order valence-corrected chi connectivity index (χ1v) is 5.11. The van der Waals surface area contributed by atoms with Gasteiger partial charge in [-0.1, -0.05) is 0 Å². The van der Waals surface area contributed by atoms with E-state index in [1.807, 2.05) is 24.3 Å². The van der Waals surface area contributed by atoms with Crippen molar-refractivity contribution in [2.45, 2.75) is 0 Å². The highest BCUT2D eigenvalue weighted by Crippen LogP contribution is 2.19. The van der Waals surface area contributed by atoms with Crippen LogP contribution in [0.5, 0.6) is 0 Å². The number of nitrogen functional groups attached to an aromatic ring is 2. The summed E-state index contributed by atoms with van der Waals surface area (Å²) in [6, 6.07) is 7.26. The Labute approximate surface area is 103 Å². The minimum atomic E-state index is 0.0707. The SMILES string of the molecule is CN=Nc1ccc(Nc2nc(N)nc(N)n2)cc1. The maximum Gasteiger partial charge on any atom is 0.233 e. The van der Waals surface area contributed by atoms with Gasteiger partial charge in [-0.25, -0.2) is 0 Å². The van der Waals surface area contributed by atoms with Crippen LogP contribution in [0.1, 0.15) is 0 Å². The Balaban J connectivity index is 2.18. The highest BCUT2D eigenvalue weighted by molar-refractivity contribution is 5.57. The predicted molar refractivity (Wildman–Crippen MR) is 68.8 cm³/mol. The van der Waals surface area contributed by atoms with Gasteiger partial charge in [0.1, 0.15) is 0 Å². The Morgan fingerprint density at radius 1 is 1.00 bits per heavy atom. The second-order valence-corrected chi connectivity index (χ2v) is 3.35. The Bertz CT molecular complexity index is 542. The average molecular weight is 244 g/mol. The first kappa shape index (κ1) is 11.7. The van der Waals surface area contributed by atoms with Crippen LogP contribution in [-0.4, -0.2) is 22.0 Å². The van der Waals surface area contributed by atoms with Gasteiger partial charge in [-0.2, -0.15) is 25.2 Å². The van der Waals surface area contributed by atoms with E-state index in [2.05, 4.69) is 30.5 Å². The van der Waals surface area contributed by atoms with Gasteiger partial charge in [0.15, 0.2) is 0 Å². The second kappa shape index (κ2) is 5.04. The number of anilines is 4. The first-order valence-electron chi connectivity index (χ1n) is 5.11. The van der Waals surface area contributed by atoms with E-state index < -0.39 is 0 Å². The summed E-state index contributed by atoms with van der Waals surface area (Å²) in [6.07, 6.45) is 0. The molecule has 0 aliphatic carbocycles. The number of benzene rings is 1. The van der Waals surface area contributed by atoms with Crippen LogP contribution >= 0.6 is 0 Å². The zero-order valence-corrected chi connectivity index (χ0v) is 9.70. The van der Waals surface area contributed by atoms with Gasteiger partial charge in [-0.15, -0.1) is 0 Å². The molecule has 0 unspecified atom stereocenters. The minimum Gasteiger partial charge on any atom is -0.368 e. The van der Waals surface area contributed by atoms with Gasteiger partial charge in [-0.3, -0.25) is 0 Å². The molecule has 92 valence electrons. The fraction of sp³-hybridized carbons (Fsp3) is 0.100. The van der Waals surface area contributed by atoms with E-state index in [0.717, 1.165) is 11.4 Å². The molecule has 0 bridgehead atoms. The van der Waals surface area contributed by atoms with Crippen LogP contribution in [0.15, 0.2) is 34.5 Å². The van der Waals surface area contributed by atoms with E-state index in [4.69, 9.17) is 11.5 Å². The molecule has 0 spiro atoms. The maximum absolute atomic E-state index is 5.47. The van der Waals surface area contributed by atoms with Crippen molar-refractivity contribution in [3.8, 4) is 0 Å². The lowest BCUT2D eigenvalue weighted by Crippen LogP contribution is -2.06. The molecule has 2 aromatic rings. The topological polar surface area (TPSA) is 127 Å². The van der Waals surface area contributed by atoms with E-state index in [9.17, 15) is 0 Å². The molecule has 0 fully saturated rings. The molecule has 8 heteroatoms. The van der Waals surface area contributed by atoms with Crippen molar-refractivity contribution < 1.29 is 0 Å². The molecule has 0 aliphatic heterocycles. The van der Waals surface area contributed by atoms with Crippen LogP contribution in [-0.2, 0) is 0 Å². The van der Waals surface area contributed by atoms with Crippen LogP contribution in [0.2, 0.25) is 0 Å². The minimum absolute atomic E-state index is 0.0707. The van der Waals surface area contributed by atoms with Gasteiger partial charge in [0, 0.05) is 12.7 Å². The smallest absolute Gasteiger partial charge is 0.233 e. The normalized spacial score (nSPS) is 10.7. The summed E-state index contributed by atoms with van der Waals surface area (Å²) in [6.45, 7) is 0. The number of azo groups is 1. The highest BCUT2D eigenvalue weighted by Gasteiger charge is 2.02. The fourth-order valence-electron chi connectivity index (χ4n) is 1.32. The van der Waals surface area contributed by atoms with Gasteiger partial charge in [0.2, 0.25) is 17.8 Å². The predicted octanol–water partition coefficient (Wildman–Crippen LogP) is 1.49. The van der Waals surface area contributed by atoms with Gasteiger partial charge >= 0.3 is 0 Å². The molecular weight excluding hydrogens is 232 g/mol. The Morgan fingerprint density at radius 3 is 2.17 bits per heavy atom.